The molecule has 0 fully saturated rings. The van der Waals surface area contributed by atoms with E-state index in [9.17, 15) is 19.2 Å². The van der Waals surface area contributed by atoms with Gasteiger partial charge < -0.3 is 14.8 Å². The molecule has 0 saturated carbocycles. The number of hydrogen-bond donors (Lipinski definition) is 2. The van der Waals surface area contributed by atoms with Gasteiger partial charge in [-0.1, -0.05) is 41.7 Å². The summed E-state index contributed by atoms with van der Waals surface area (Å²) in [5.41, 5.74) is 1.44. The van der Waals surface area contributed by atoms with Crippen LogP contribution in [0.15, 0.2) is 54.6 Å². The van der Waals surface area contributed by atoms with Crippen LogP contribution in [-0.2, 0) is 20.7 Å². The molecule has 180 valence electrons. The minimum Gasteiger partial charge on any atom is -0.497 e. The Morgan fingerprint density at radius 3 is 2.40 bits per heavy atom. The average Bonchev–Trinajstić information content (AvgIpc) is 3.30. The van der Waals surface area contributed by atoms with Gasteiger partial charge in [-0.2, -0.15) is 0 Å². The maximum atomic E-state index is 13.0. The van der Waals surface area contributed by atoms with Gasteiger partial charge in [0.05, 0.1) is 30.7 Å². The van der Waals surface area contributed by atoms with Crippen molar-refractivity contribution in [2.24, 2.45) is 5.92 Å². The third-order valence-corrected chi connectivity index (χ3v) is 6.68. The fraction of sp³-hybridized carbons (Fsp3) is 0.240. The molecule has 2 amide bonds. The van der Waals surface area contributed by atoms with Gasteiger partial charge in [0.25, 0.3) is 5.91 Å². The number of aromatic nitrogens is 1. The van der Waals surface area contributed by atoms with Crippen LogP contribution in [-0.4, -0.2) is 42.8 Å². The highest BCUT2D eigenvalue weighted by Crippen LogP contribution is 2.33. The number of carbonyl (C=O) groups excluding carboxylic acids is 4. The molecule has 0 spiro atoms. The van der Waals surface area contributed by atoms with Gasteiger partial charge in [-0.25, -0.2) is 9.78 Å². The van der Waals surface area contributed by atoms with Crippen molar-refractivity contribution in [3.63, 3.8) is 0 Å². The van der Waals surface area contributed by atoms with E-state index in [0.29, 0.717) is 27.4 Å². The normalized spacial score (nSPS) is 15.5. The van der Waals surface area contributed by atoms with Gasteiger partial charge in [-0.05, 0) is 29.8 Å². The van der Waals surface area contributed by atoms with Gasteiger partial charge in [-0.15, -0.1) is 0 Å². The molecule has 1 aliphatic rings. The third-order valence-electron chi connectivity index (χ3n) is 5.62. The molecule has 3 aromatic rings. The van der Waals surface area contributed by atoms with Crippen molar-refractivity contribution in [3.8, 4) is 5.75 Å². The van der Waals surface area contributed by atoms with Crippen molar-refractivity contribution < 1.29 is 28.7 Å². The van der Waals surface area contributed by atoms with Crippen molar-refractivity contribution in [2.75, 3.05) is 19.5 Å². The van der Waals surface area contributed by atoms with E-state index in [1.165, 1.54) is 14.2 Å². The van der Waals surface area contributed by atoms with E-state index >= 15 is 0 Å². The van der Waals surface area contributed by atoms with Gasteiger partial charge in [0.2, 0.25) is 5.91 Å². The van der Waals surface area contributed by atoms with Crippen molar-refractivity contribution in [1.29, 1.82) is 0 Å². The zero-order valence-corrected chi connectivity index (χ0v) is 19.9. The van der Waals surface area contributed by atoms with Crippen LogP contribution >= 0.6 is 11.3 Å². The zero-order chi connectivity index (χ0) is 24.9. The summed E-state index contributed by atoms with van der Waals surface area (Å²) < 4.78 is 9.94. The number of carbonyl (C=O) groups is 4. The van der Waals surface area contributed by atoms with Crippen molar-refractivity contribution in [3.05, 3.63) is 76.3 Å². The Kier molecular flexibility index (Phi) is 7.21. The van der Waals surface area contributed by atoms with E-state index in [1.54, 1.807) is 54.6 Å². The summed E-state index contributed by atoms with van der Waals surface area (Å²) in [7, 11) is 2.79. The standard InChI is InChI=1S/C25H23N3O6S/c1-33-17-10-8-15(9-11-17)22(30)28-25-26-18-12-16(13-19(29)21(18)35-25)23(31)27-20(24(32)34-2)14-6-4-3-5-7-14/h3-11,16,20H,12-13H2,1-2H3,(H,27,31)(H,26,28,30)/t16?,20-/m0/s1. The number of benzene rings is 2. The Morgan fingerprint density at radius 2 is 1.74 bits per heavy atom. The number of anilines is 1. The molecule has 0 saturated heterocycles. The highest BCUT2D eigenvalue weighted by atomic mass is 32.1. The first kappa shape index (κ1) is 24.1. The number of hydrogen-bond acceptors (Lipinski definition) is 8. The molecule has 0 aliphatic heterocycles. The number of nitrogens with zero attached hydrogens (tertiary/aromatic N) is 1. The first-order valence-electron chi connectivity index (χ1n) is 10.8. The van der Waals surface area contributed by atoms with Crippen LogP contribution in [0.5, 0.6) is 5.75 Å². The number of nitrogens with one attached hydrogen (secondary N) is 2. The quantitative estimate of drug-likeness (QED) is 0.485. The predicted octanol–water partition coefficient (Wildman–Crippen LogP) is 3.18. The summed E-state index contributed by atoms with van der Waals surface area (Å²) in [6.07, 6.45) is 0.195. The molecule has 2 atom stereocenters. The fourth-order valence-electron chi connectivity index (χ4n) is 3.78. The van der Waals surface area contributed by atoms with Gasteiger partial charge >= 0.3 is 5.97 Å². The molecule has 2 N–H and O–H groups in total. The van der Waals surface area contributed by atoms with Crippen LogP contribution in [0.1, 0.15) is 43.7 Å². The number of rotatable bonds is 7. The second-order valence-corrected chi connectivity index (χ2v) is 8.88. The number of methoxy groups -OCH3 is 2. The summed E-state index contributed by atoms with van der Waals surface area (Å²) in [5.74, 6) is -1.72. The van der Waals surface area contributed by atoms with E-state index in [2.05, 4.69) is 15.6 Å². The van der Waals surface area contributed by atoms with E-state index in [1.807, 2.05) is 0 Å². The molecule has 2 aromatic carbocycles. The van der Waals surface area contributed by atoms with Crippen LogP contribution in [0.2, 0.25) is 0 Å². The third kappa shape index (κ3) is 5.38. The average molecular weight is 494 g/mol. The van der Waals surface area contributed by atoms with E-state index in [-0.39, 0.29) is 29.7 Å². The number of fused-ring (bicyclic) bond motifs is 1. The van der Waals surface area contributed by atoms with Crippen LogP contribution in [0, 0.1) is 5.92 Å². The smallest absolute Gasteiger partial charge is 0.333 e. The largest absolute Gasteiger partial charge is 0.497 e. The van der Waals surface area contributed by atoms with Gasteiger partial charge in [0.15, 0.2) is 17.0 Å². The molecule has 10 heteroatoms. The highest BCUT2D eigenvalue weighted by Gasteiger charge is 2.35. The number of ether oxygens (including phenoxy) is 2. The molecule has 1 unspecified atom stereocenters. The number of amides is 2. The predicted molar refractivity (Wildman–Crippen MR) is 129 cm³/mol. The topological polar surface area (TPSA) is 124 Å². The van der Waals surface area contributed by atoms with Crippen molar-refractivity contribution in [1.82, 2.24) is 10.3 Å². The lowest BCUT2D eigenvalue weighted by Crippen LogP contribution is -2.40. The minimum atomic E-state index is -0.986. The zero-order valence-electron chi connectivity index (χ0n) is 19.1. The first-order chi connectivity index (χ1) is 16.9. The maximum Gasteiger partial charge on any atom is 0.333 e. The molecule has 9 nitrogen and oxygen atoms in total. The highest BCUT2D eigenvalue weighted by molar-refractivity contribution is 7.17. The number of esters is 1. The van der Waals surface area contributed by atoms with E-state index in [4.69, 9.17) is 9.47 Å². The van der Waals surface area contributed by atoms with Crippen LogP contribution < -0.4 is 15.4 Å². The fourth-order valence-corrected chi connectivity index (χ4v) is 4.72. The molecular formula is C25H23N3O6S. The summed E-state index contributed by atoms with van der Waals surface area (Å²) in [6.45, 7) is 0. The van der Waals surface area contributed by atoms with Gasteiger partial charge in [0.1, 0.15) is 5.75 Å². The Balaban J connectivity index is 1.46. The molecule has 0 radical (unpaired) electrons. The van der Waals surface area contributed by atoms with Crippen LogP contribution in [0.25, 0.3) is 0 Å². The van der Waals surface area contributed by atoms with Crippen molar-refractivity contribution >= 4 is 40.0 Å². The number of ketones is 1. The number of thiazole rings is 1. The maximum absolute atomic E-state index is 13.0. The van der Waals surface area contributed by atoms with Gasteiger partial charge in [0, 0.05) is 18.4 Å². The first-order valence-corrected chi connectivity index (χ1v) is 11.6. The Morgan fingerprint density at radius 1 is 1.03 bits per heavy atom. The molecular weight excluding hydrogens is 470 g/mol. The SMILES string of the molecule is COC(=O)[C@@H](NC(=O)C1CC(=O)c2sc(NC(=O)c3ccc(OC)cc3)nc2C1)c1ccccc1. The van der Waals surface area contributed by atoms with Gasteiger partial charge in [-0.3, -0.25) is 19.7 Å². The Labute approximate surface area is 205 Å². The molecule has 1 aliphatic carbocycles. The summed E-state index contributed by atoms with van der Waals surface area (Å²) in [5, 5.41) is 5.69. The Hall–Kier alpha value is -4.05. The second kappa shape index (κ2) is 10.5. The van der Waals surface area contributed by atoms with E-state index < -0.39 is 23.8 Å². The van der Waals surface area contributed by atoms with Crippen LogP contribution in [0.3, 0.4) is 0 Å². The molecule has 0 bridgehead atoms. The molecule has 1 heterocycles. The summed E-state index contributed by atoms with van der Waals surface area (Å²) in [4.78, 5) is 55.4. The lowest BCUT2D eigenvalue weighted by molar-refractivity contribution is -0.145. The second-order valence-electron chi connectivity index (χ2n) is 7.88. The minimum absolute atomic E-state index is 0.0183. The summed E-state index contributed by atoms with van der Waals surface area (Å²) >= 11 is 1.08. The van der Waals surface area contributed by atoms with Crippen molar-refractivity contribution in [2.45, 2.75) is 18.9 Å². The molecule has 1 aromatic heterocycles. The number of Topliss-reactive ketones (excluding diaryl/α,β-unsaturated/α-hetero) is 1. The lowest BCUT2D eigenvalue weighted by atomic mass is 9.89. The summed E-state index contributed by atoms with van der Waals surface area (Å²) in [6, 6.07) is 14.3. The van der Waals surface area contributed by atoms with E-state index in [0.717, 1.165) is 11.3 Å². The Bertz CT molecular complexity index is 1260. The monoisotopic (exact) mass is 493 g/mol. The molecule has 4 rings (SSSR count). The lowest BCUT2D eigenvalue weighted by Gasteiger charge is -2.23. The molecule has 35 heavy (non-hydrogen) atoms. The van der Waals surface area contributed by atoms with Crippen LogP contribution in [0.4, 0.5) is 5.13 Å².